The van der Waals surface area contributed by atoms with Crippen molar-refractivity contribution in [1.82, 2.24) is 5.32 Å². The number of alkyl halides is 2. The Bertz CT molecular complexity index is 813. The first-order valence-corrected chi connectivity index (χ1v) is 10.1. The average molecular weight is 421 g/mol. The third-order valence-corrected chi connectivity index (χ3v) is 5.31. The molecule has 1 aliphatic heterocycles. The molecule has 6 nitrogen and oxygen atoms in total. The maximum Gasteiger partial charge on any atom is 0.387 e. The highest BCUT2D eigenvalue weighted by Gasteiger charge is 2.24. The van der Waals surface area contributed by atoms with Crippen LogP contribution >= 0.6 is 0 Å². The molecule has 30 heavy (non-hydrogen) atoms. The number of carbonyl (C=O) groups is 1. The molecule has 1 aliphatic rings. The van der Waals surface area contributed by atoms with E-state index in [0.29, 0.717) is 13.1 Å². The SMILES string of the molecule is COc1cc(CNC(=O)C[NH+]2CC[NH+](Cc3ccccc3)CC2)ccc1OC(F)F. The van der Waals surface area contributed by atoms with E-state index in [1.165, 1.54) is 23.6 Å². The molecule has 1 fully saturated rings. The molecule has 0 spiro atoms. The van der Waals surface area contributed by atoms with Crippen molar-refractivity contribution in [3.05, 3.63) is 59.7 Å². The van der Waals surface area contributed by atoms with Crippen LogP contribution < -0.4 is 24.6 Å². The van der Waals surface area contributed by atoms with Crippen LogP contribution in [0.15, 0.2) is 48.5 Å². The van der Waals surface area contributed by atoms with Gasteiger partial charge in [-0.1, -0.05) is 36.4 Å². The van der Waals surface area contributed by atoms with Gasteiger partial charge in [0.1, 0.15) is 32.7 Å². The molecule has 0 radical (unpaired) electrons. The van der Waals surface area contributed by atoms with Gasteiger partial charge < -0.3 is 24.6 Å². The van der Waals surface area contributed by atoms with E-state index in [1.807, 2.05) is 6.07 Å². The van der Waals surface area contributed by atoms with Crippen molar-refractivity contribution in [3.63, 3.8) is 0 Å². The number of piperazine rings is 1. The number of rotatable bonds is 9. The number of hydrogen-bond donors (Lipinski definition) is 3. The van der Waals surface area contributed by atoms with Gasteiger partial charge in [0.2, 0.25) is 0 Å². The molecule has 8 heteroatoms. The number of benzene rings is 2. The normalized spacial score (nSPS) is 18.8. The summed E-state index contributed by atoms with van der Waals surface area (Å²) in [4.78, 5) is 15.2. The van der Waals surface area contributed by atoms with E-state index < -0.39 is 6.61 Å². The molecule has 0 aromatic heterocycles. The lowest BCUT2D eigenvalue weighted by Gasteiger charge is -2.29. The number of amides is 1. The molecule has 2 aromatic rings. The fraction of sp³-hybridized carbons (Fsp3) is 0.409. The van der Waals surface area contributed by atoms with Crippen LogP contribution in [-0.2, 0) is 17.9 Å². The summed E-state index contributed by atoms with van der Waals surface area (Å²) in [6, 6.07) is 15.1. The Morgan fingerprint density at radius 3 is 2.37 bits per heavy atom. The van der Waals surface area contributed by atoms with E-state index in [-0.39, 0.29) is 17.4 Å². The topological polar surface area (TPSA) is 56.4 Å². The number of quaternary nitrogens is 2. The fourth-order valence-corrected chi connectivity index (χ4v) is 3.70. The van der Waals surface area contributed by atoms with Gasteiger partial charge in [0.15, 0.2) is 18.0 Å². The van der Waals surface area contributed by atoms with E-state index in [9.17, 15) is 13.6 Å². The van der Waals surface area contributed by atoms with Crippen molar-refractivity contribution in [2.75, 3.05) is 39.8 Å². The Morgan fingerprint density at radius 1 is 1.00 bits per heavy atom. The minimum atomic E-state index is -2.91. The van der Waals surface area contributed by atoms with Gasteiger partial charge in [0.05, 0.1) is 7.11 Å². The van der Waals surface area contributed by atoms with Crippen LogP contribution in [0.25, 0.3) is 0 Å². The van der Waals surface area contributed by atoms with Crippen LogP contribution in [0.5, 0.6) is 11.5 Å². The van der Waals surface area contributed by atoms with Crippen molar-refractivity contribution >= 4 is 5.91 Å². The zero-order chi connectivity index (χ0) is 21.3. The molecule has 0 aliphatic carbocycles. The summed E-state index contributed by atoms with van der Waals surface area (Å²) < 4.78 is 34.3. The lowest BCUT2D eigenvalue weighted by atomic mass is 10.2. The summed E-state index contributed by atoms with van der Waals surface area (Å²) in [6.07, 6.45) is 0. The van der Waals surface area contributed by atoms with E-state index in [4.69, 9.17) is 4.74 Å². The van der Waals surface area contributed by atoms with Gasteiger partial charge in [0, 0.05) is 12.1 Å². The van der Waals surface area contributed by atoms with Crippen molar-refractivity contribution in [3.8, 4) is 11.5 Å². The van der Waals surface area contributed by atoms with Crippen LogP contribution in [0.2, 0.25) is 0 Å². The first-order valence-electron chi connectivity index (χ1n) is 10.1. The molecule has 162 valence electrons. The lowest BCUT2D eigenvalue weighted by molar-refractivity contribution is -1.02. The summed E-state index contributed by atoms with van der Waals surface area (Å²) in [6.45, 7) is 2.85. The van der Waals surface area contributed by atoms with E-state index in [1.54, 1.807) is 17.0 Å². The summed E-state index contributed by atoms with van der Waals surface area (Å²) >= 11 is 0. The standard InChI is InChI=1S/C22H27F2N3O3/c1-29-20-13-18(7-8-19(20)30-22(23)24)14-25-21(28)16-27-11-9-26(10-12-27)15-17-5-3-2-4-6-17/h2-8,13,22H,9-12,14-16H2,1H3,(H,25,28)/p+2. The van der Waals surface area contributed by atoms with Gasteiger partial charge in [-0.15, -0.1) is 0 Å². The third-order valence-electron chi connectivity index (χ3n) is 5.31. The van der Waals surface area contributed by atoms with Crippen molar-refractivity contribution in [2.24, 2.45) is 0 Å². The summed E-state index contributed by atoms with van der Waals surface area (Å²) in [5.41, 5.74) is 2.10. The van der Waals surface area contributed by atoms with E-state index in [0.717, 1.165) is 38.3 Å². The average Bonchev–Trinajstić information content (AvgIpc) is 2.75. The molecular formula is C22H29F2N3O3+2. The minimum absolute atomic E-state index is 0.0246. The Hall–Kier alpha value is -2.71. The van der Waals surface area contributed by atoms with E-state index >= 15 is 0 Å². The van der Waals surface area contributed by atoms with Gasteiger partial charge in [0.25, 0.3) is 5.91 Å². The van der Waals surface area contributed by atoms with Crippen LogP contribution in [0.4, 0.5) is 8.78 Å². The lowest BCUT2D eigenvalue weighted by Crippen LogP contribution is -3.28. The zero-order valence-corrected chi connectivity index (χ0v) is 17.1. The summed E-state index contributed by atoms with van der Waals surface area (Å²) in [7, 11) is 1.39. The largest absolute Gasteiger partial charge is 0.493 e. The molecular weight excluding hydrogens is 392 g/mol. The maximum atomic E-state index is 12.4. The smallest absolute Gasteiger partial charge is 0.387 e. The summed E-state index contributed by atoms with van der Waals surface area (Å²) in [5, 5.41) is 2.90. The second-order valence-electron chi connectivity index (χ2n) is 7.48. The Balaban J connectivity index is 1.41. The highest BCUT2D eigenvalue weighted by Crippen LogP contribution is 2.29. The number of ether oxygens (including phenoxy) is 2. The van der Waals surface area contributed by atoms with Crippen LogP contribution in [0.1, 0.15) is 11.1 Å². The van der Waals surface area contributed by atoms with Gasteiger partial charge in [-0.05, 0) is 17.7 Å². The van der Waals surface area contributed by atoms with Crippen molar-refractivity contribution < 1.29 is 32.8 Å². The molecule has 1 heterocycles. The first-order chi connectivity index (χ1) is 14.5. The molecule has 0 atom stereocenters. The molecule has 0 unspecified atom stereocenters. The minimum Gasteiger partial charge on any atom is -0.493 e. The van der Waals surface area contributed by atoms with E-state index in [2.05, 4.69) is 34.3 Å². The number of halogens is 2. The van der Waals surface area contributed by atoms with Crippen molar-refractivity contribution in [2.45, 2.75) is 19.7 Å². The predicted molar refractivity (Wildman–Crippen MR) is 108 cm³/mol. The second kappa shape index (κ2) is 10.9. The predicted octanol–water partition coefficient (Wildman–Crippen LogP) is -0.104. The molecule has 2 aromatic carbocycles. The molecule has 3 N–H and O–H groups in total. The van der Waals surface area contributed by atoms with Gasteiger partial charge in [-0.3, -0.25) is 4.79 Å². The molecule has 1 amide bonds. The third kappa shape index (κ3) is 6.67. The van der Waals surface area contributed by atoms with Crippen LogP contribution in [0, 0.1) is 0 Å². The van der Waals surface area contributed by atoms with Gasteiger partial charge in [-0.25, -0.2) is 0 Å². The molecule has 0 saturated carbocycles. The number of hydrogen-bond acceptors (Lipinski definition) is 3. The first kappa shape index (κ1) is 22.0. The molecule has 3 rings (SSSR count). The Labute approximate surface area is 175 Å². The molecule has 0 bridgehead atoms. The van der Waals surface area contributed by atoms with Crippen LogP contribution in [-0.4, -0.2) is 52.4 Å². The van der Waals surface area contributed by atoms with Gasteiger partial charge >= 0.3 is 6.61 Å². The quantitative estimate of drug-likeness (QED) is 0.530. The van der Waals surface area contributed by atoms with Gasteiger partial charge in [-0.2, -0.15) is 8.78 Å². The highest BCUT2D eigenvalue weighted by molar-refractivity contribution is 5.76. The fourth-order valence-electron chi connectivity index (χ4n) is 3.70. The highest BCUT2D eigenvalue weighted by atomic mass is 19.3. The Morgan fingerprint density at radius 2 is 1.70 bits per heavy atom. The molecule has 1 saturated heterocycles. The number of carbonyl (C=O) groups excluding carboxylic acids is 1. The summed E-state index contributed by atoms with van der Waals surface area (Å²) in [5.74, 6) is 0.163. The monoisotopic (exact) mass is 421 g/mol. The Kier molecular flexibility index (Phi) is 7.98. The zero-order valence-electron chi connectivity index (χ0n) is 17.1. The number of methoxy groups -OCH3 is 1. The second-order valence-corrected chi connectivity index (χ2v) is 7.48. The van der Waals surface area contributed by atoms with Crippen LogP contribution in [0.3, 0.4) is 0 Å². The van der Waals surface area contributed by atoms with Crippen molar-refractivity contribution in [1.29, 1.82) is 0 Å². The number of nitrogens with one attached hydrogen (secondary N) is 3. The maximum absolute atomic E-state index is 12.4.